The number of hydrogen-bond acceptors (Lipinski definition) is 4. The molecular weight excluding hydrogens is 403 g/mol. The molecule has 0 aliphatic carbocycles. The van der Waals surface area contributed by atoms with E-state index in [1.54, 1.807) is 6.07 Å². The Morgan fingerprint density at radius 1 is 1.29 bits per heavy atom. The van der Waals surface area contributed by atoms with Crippen LogP contribution in [0.15, 0.2) is 42.5 Å². The second-order valence-corrected chi connectivity index (χ2v) is 9.30. The van der Waals surface area contributed by atoms with Crippen LogP contribution in [0, 0.1) is 5.82 Å². The standard InChI is InChI=1S/C20H24ClFN2O3S/c1-14(23-28(2,25)26)16-5-3-15(4-6-16)12-24-9-10-27-20(13-24)18-8-7-17(22)11-19(18)21/h3-8,11,14,20,23H,9-10,12-13H2,1-2H3/t14-,20?/m1/s1. The Balaban J connectivity index is 1.63. The monoisotopic (exact) mass is 426 g/mol. The van der Waals surface area contributed by atoms with Gasteiger partial charge < -0.3 is 4.74 Å². The van der Waals surface area contributed by atoms with Crippen LogP contribution in [0.2, 0.25) is 5.02 Å². The van der Waals surface area contributed by atoms with Crippen molar-refractivity contribution in [2.75, 3.05) is 26.0 Å². The summed E-state index contributed by atoms with van der Waals surface area (Å²) < 4.78 is 44.4. The highest BCUT2D eigenvalue weighted by Gasteiger charge is 2.24. The zero-order valence-electron chi connectivity index (χ0n) is 15.9. The zero-order valence-corrected chi connectivity index (χ0v) is 17.4. The Labute approximate surface area is 170 Å². The van der Waals surface area contributed by atoms with Gasteiger partial charge in [-0.1, -0.05) is 41.9 Å². The van der Waals surface area contributed by atoms with E-state index in [9.17, 15) is 12.8 Å². The first-order valence-corrected chi connectivity index (χ1v) is 11.3. The molecule has 5 nitrogen and oxygen atoms in total. The van der Waals surface area contributed by atoms with E-state index in [0.29, 0.717) is 18.2 Å². The Morgan fingerprint density at radius 3 is 2.64 bits per heavy atom. The van der Waals surface area contributed by atoms with Crippen molar-refractivity contribution in [3.05, 3.63) is 70.0 Å². The lowest BCUT2D eigenvalue weighted by molar-refractivity contribution is -0.0329. The lowest BCUT2D eigenvalue weighted by Gasteiger charge is -2.33. The van der Waals surface area contributed by atoms with Gasteiger partial charge in [0.1, 0.15) is 5.82 Å². The van der Waals surface area contributed by atoms with Gasteiger partial charge in [-0.05, 0) is 30.2 Å². The highest BCUT2D eigenvalue weighted by molar-refractivity contribution is 7.88. The van der Waals surface area contributed by atoms with Gasteiger partial charge in [-0.3, -0.25) is 4.90 Å². The second kappa shape index (κ2) is 8.88. The summed E-state index contributed by atoms with van der Waals surface area (Å²) in [5, 5.41) is 0.378. The summed E-state index contributed by atoms with van der Waals surface area (Å²) in [7, 11) is -3.25. The van der Waals surface area contributed by atoms with Crippen LogP contribution in [0.1, 0.15) is 35.8 Å². The summed E-state index contributed by atoms with van der Waals surface area (Å²) in [5.41, 5.74) is 2.83. The predicted octanol–water partition coefficient (Wildman–Crippen LogP) is 3.66. The number of sulfonamides is 1. The van der Waals surface area contributed by atoms with E-state index in [4.69, 9.17) is 16.3 Å². The highest BCUT2D eigenvalue weighted by Crippen LogP contribution is 2.29. The van der Waals surface area contributed by atoms with E-state index in [2.05, 4.69) is 9.62 Å². The average Bonchev–Trinajstić information content (AvgIpc) is 2.61. The number of nitrogens with one attached hydrogen (secondary N) is 1. The fraction of sp³-hybridized carbons (Fsp3) is 0.400. The van der Waals surface area contributed by atoms with Crippen molar-refractivity contribution in [3.63, 3.8) is 0 Å². The minimum Gasteiger partial charge on any atom is -0.371 e. The summed E-state index contributed by atoms with van der Waals surface area (Å²) in [6.45, 7) is 4.59. The first-order valence-electron chi connectivity index (χ1n) is 9.06. The maximum atomic E-state index is 13.3. The molecule has 3 rings (SSSR count). The smallest absolute Gasteiger partial charge is 0.209 e. The zero-order chi connectivity index (χ0) is 20.3. The molecule has 2 aromatic carbocycles. The molecule has 2 aromatic rings. The van der Waals surface area contributed by atoms with Gasteiger partial charge in [0.2, 0.25) is 10.0 Å². The van der Waals surface area contributed by atoms with E-state index in [1.807, 2.05) is 31.2 Å². The minimum absolute atomic E-state index is 0.194. The van der Waals surface area contributed by atoms with E-state index < -0.39 is 10.0 Å². The number of hydrogen-bond donors (Lipinski definition) is 1. The van der Waals surface area contributed by atoms with Crippen molar-refractivity contribution in [1.82, 2.24) is 9.62 Å². The summed E-state index contributed by atoms with van der Waals surface area (Å²) >= 11 is 6.18. The summed E-state index contributed by atoms with van der Waals surface area (Å²) in [6.07, 6.45) is 0.959. The molecular formula is C20H24ClFN2O3S. The van der Waals surface area contributed by atoms with Crippen LogP contribution in [-0.4, -0.2) is 39.3 Å². The lowest BCUT2D eigenvalue weighted by atomic mass is 10.0. The van der Waals surface area contributed by atoms with Crippen molar-refractivity contribution in [2.24, 2.45) is 0 Å². The van der Waals surface area contributed by atoms with Gasteiger partial charge in [0.05, 0.1) is 19.0 Å². The average molecular weight is 427 g/mol. The van der Waals surface area contributed by atoms with E-state index >= 15 is 0 Å². The Hall–Kier alpha value is -1.51. The topological polar surface area (TPSA) is 58.6 Å². The fourth-order valence-electron chi connectivity index (χ4n) is 3.36. The number of nitrogens with zero attached hydrogens (tertiary/aromatic N) is 1. The van der Waals surface area contributed by atoms with Crippen LogP contribution in [0.5, 0.6) is 0 Å². The number of rotatable bonds is 6. The molecule has 0 amide bonds. The molecule has 1 N–H and O–H groups in total. The predicted molar refractivity (Wildman–Crippen MR) is 108 cm³/mol. The van der Waals surface area contributed by atoms with Crippen LogP contribution in [0.3, 0.4) is 0 Å². The van der Waals surface area contributed by atoms with E-state index in [1.165, 1.54) is 12.1 Å². The number of benzene rings is 2. The maximum Gasteiger partial charge on any atom is 0.209 e. The quantitative estimate of drug-likeness (QED) is 0.765. The third-order valence-corrected chi connectivity index (χ3v) is 5.85. The maximum absolute atomic E-state index is 13.3. The molecule has 1 aliphatic heterocycles. The summed E-state index contributed by atoms with van der Waals surface area (Å²) in [4.78, 5) is 2.26. The van der Waals surface area contributed by atoms with Crippen LogP contribution in [-0.2, 0) is 21.3 Å². The SMILES string of the molecule is C[C@@H](NS(C)(=O)=O)c1ccc(CN2CCOC(c3ccc(F)cc3Cl)C2)cc1. The number of halogens is 2. The molecule has 0 spiro atoms. The van der Waals surface area contributed by atoms with Gasteiger partial charge >= 0.3 is 0 Å². The third kappa shape index (κ3) is 5.75. The Morgan fingerprint density at radius 2 is 2.00 bits per heavy atom. The van der Waals surface area contributed by atoms with Gasteiger partial charge in [0, 0.05) is 36.3 Å². The molecule has 1 heterocycles. The molecule has 0 aromatic heterocycles. The number of ether oxygens (including phenoxy) is 1. The van der Waals surface area contributed by atoms with E-state index in [0.717, 1.165) is 36.0 Å². The van der Waals surface area contributed by atoms with Crippen molar-refractivity contribution in [1.29, 1.82) is 0 Å². The highest BCUT2D eigenvalue weighted by atomic mass is 35.5. The minimum atomic E-state index is -3.25. The molecule has 28 heavy (non-hydrogen) atoms. The molecule has 1 unspecified atom stereocenters. The molecule has 152 valence electrons. The Kier molecular flexibility index (Phi) is 6.73. The van der Waals surface area contributed by atoms with Gasteiger partial charge in [0.25, 0.3) is 0 Å². The van der Waals surface area contributed by atoms with Crippen LogP contribution >= 0.6 is 11.6 Å². The molecule has 0 bridgehead atoms. The van der Waals surface area contributed by atoms with Crippen molar-refractivity contribution in [3.8, 4) is 0 Å². The van der Waals surface area contributed by atoms with Crippen molar-refractivity contribution >= 4 is 21.6 Å². The molecule has 1 saturated heterocycles. The van der Waals surface area contributed by atoms with Gasteiger partial charge in [-0.25, -0.2) is 17.5 Å². The number of morpholine rings is 1. The van der Waals surface area contributed by atoms with Crippen LogP contribution in [0.25, 0.3) is 0 Å². The lowest BCUT2D eigenvalue weighted by Crippen LogP contribution is -2.37. The molecule has 2 atom stereocenters. The largest absolute Gasteiger partial charge is 0.371 e. The molecule has 1 fully saturated rings. The Bertz CT molecular complexity index is 922. The first-order chi connectivity index (χ1) is 13.2. The molecule has 8 heteroatoms. The van der Waals surface area contributed by atoms with Crippen molar-refractivity contribution in [2.45, 2.75) is 25.6 Å². The molecule has 0 radical (unpaired) electrons. The summed E-state index contributed by atoms with van der Waals surface area (Å²) in [5.74, 6) is -0.360. The first kappa shape index (κ1) is 21.2. The molecule has 1 aliphatic rings. The van der Waals surface area contributed by atoms with Crippen LogP contribution < -0.4 is 4.72 Å². The van der Waals surface area contributed by atoms with Gasteiger partial charge in [-0.2, -0.15) is 0 Å². The van der Waals surface area contributed by atoms with Gasteiger partial charge in [-0.15, -0.1) is 0 Å². The van der Waals surface area contributed by atoms with Gasteiger partial charge in [0.15, 0.2) is 0 Å². The fourth-order valence-corrected chi connectivity index (χ4v) is 4.42. The summed E-state index contributed by atoms with van der Waals surface area (Å²) in [6, 6.07) is 12.0. The third-order valence-electron chi connectivity index (χ3n) is 4.74. The van der Waals surface area contributed by atoms with Crippen LogP contribution in [0.4, 0.5) is 4.39 Å². The molecule has 0 saturated carbocycles. The van der Waals surface area contributed by atoms with E-state index in [-0.39, 0.29) is 18.0 Å². The normalized spacial score (nSPS) is 19.5. The second-order valence-electron chi connectivity index (χ2n) is 7.11. The van der Waals surface area contributed by atoms with Crippen molar-refractivity contribution < 1.29 is 17.5 Å².